The van der Waals surface area contributed by atoms with Crippen molar-refractivity contribution >= 4 is 15.9 Å². The second-order valence-corrected chi connectivity index (χ2v) is 4.49. The van der Waals surface area contributed by atoms with E-state index in [9.17, 15) is 5.11 Å². The molecule has 1 atom stereocenters. The Morgan fingerprint density at radius 3 is 3.00 bits per heavy atom. The van der Waals surface area contributed by atoms with E-state index >= 15 is 0 Å². The Balaban J connectivity index is 2.20. The number of H-pyrrole nitrogens is 1. The van der Waals surface area contributed by atoms with Crippen LogP contribution in [0.15, 0.2) is 28.9 Å². The number of methoxy groups -OCH3 is 1. The number of halogens is 1. The fraction of sp³-hybridized carbons (Fsp3) is 0.273. The zero-order valence-electron chi connectivity index (χ0n) is 9.22. The number of hydrogen-bond acceptors (Lipinski definition) is 4. The van der Waals surface area contributed by atoms with Crippen LogP contribution in [-0.2, 0) is 6.42 Å². The molecule has 0 amide bonds. The number of rotatable bonds is 4. The number of hydrogen-bond donors (Lipinski definition) is 2. The lowest BCUT2D eigenvalue weighted by molar-refractivity contribution is 0.172. The molecule has 0 radical (unpaired) electrons. The zero-order valence-corrected chi connectivity index (χ0v) is 10.8. The molecule has 0 saturated carbocycles. The third kappa shape index (κ3) is 2.83. The fourth-order valence-corrected chi connectivity index (χ4v) is 2.00. The van der Waals surface area contributed by atoms with E-state index in [-0.39, 0.29) is 0 Å². The molecule has 17 heavy (non-hydrogen) atoms. The van der Waals surface area contributed by atoms with Crippen molar-refractivity contribution in [1.82, 2.24) is 15.4 Å². The molecule has 0 aliphatic carbocycles. The number of aromatic nitrogens is 3. The van der Waals surface area contributed by atoms with Crippen molar-refractivity contribution in [2.75, 3.05) is 7.11 Å². The van der Waals surface area contributed by atoms with Gasteiger partial charge in [-0.1, -0.05) is 15.9 Å². The molecule has 0 bridgehead atoms. The van der Waals surface area contributed by atoms with Gasteiger partial charge in [-0.25, -0.2) is 0 Å². The smallest absolute Gasteiger partial charge is 0.122 e. The van der Waals surface area contributed by atoms with Crippen LogP contribution in [0.1, 0.15) is 17.4 Å². The van der Waals surface area contributed by atoms with Gasteiger partial charge in [-0.2, -0.15) is 15.4 Å². The van der Waals surface area contributed by atoms with Crippen LogP contribution in [0.25, 0.3) is 0 Å². The average molecular weight is 298 g/mol. The van der Waals surface area contributed by atoms with Gasteiger partial charge in [0.1, 0.15) is 17.5 Å². The molecular weight excluding hydrogens is 286 g/mol. The summed E-state index contributed by atoms with van der Waals surface area (Å²) in [6.07, 6.45) is 1.24. The molecule has 0 saturated heterocycles. The molecule has 1 aromatic heterocycles. The lowest BCUT2D eigenvalue weighted by atomic mass is 10.1. The number of aliphatic hydroxyl groups excluding tert-OH is 1. The number of nitrogens with zero attached hydrogens (tertiary/aromatic N) is 2. The predicted octanol–water partition coefficient (Wildman–Crippen LogP) is 1.85. The summed E-state index contributed by atoms with van der Waals surface area (Å²) in [6.45, 7) is 0. The van der Waals surface area contributed by atoms with Gasteiger partial charge >= 0.3 is 0 Å². The van der Waals surface area contributed by atoms with Gasteiger partial charge in [0, 0.05) is 10.9 Å². The van der Waals surface area contributed by atoms with E-state index in [1.165, 1.54) is 6.20 Å². The van der Waals surface area contributed by atoms with E-state index in [4.69, 9.17) is 4.74 Å². The van der Waals surface area contributed by atoms with E-state index in [1.807, 2.05) is 18.2 Å². The number of aromatic amines is 1. The Kier molecular flexibility index (Phi) is 3.75. The summed E-state index contributed by atoms with van der Waals surface area (Å²) in [7, 11) is 1.61. The highest BCUT2D eigenvalue weighted by Gasteiger charge is 2.14. The molecule has 0 aliphatic rings. The van der Waals surface area contributed by atoms with E-state index in [0.717, 1.165) is 15.8 Å². The Morgan fingerprint density at radius 2 is 2.35 bits per heavy atom. The van der Waals surface area contributed by atoms with Crippen molar-refractivity contribution in [2.24, 2.45) is 0 Å². The van der Waals surface area contributed by atoms with Crippen molar-refractivity contribution in [3.05, 3.63) is 40.1 Å². The Hall–Kier alpha value is -1.40. The molecule has 6 heteroatoms. The molecule has 2 N–H and O–H groups in total. The third-order valence-electron chi connectivity index (χ3n) is 2.43. The molecule has 0 fully saturated rings. The maximum atomic E-state index is 9.98. The summed E-state index contributed by atoms with van der Waals surface area (Å²) in [5, 5.41) is 20.0. The standard InChI is InChI=1S/C11H12BrN3O2/c1-17-11-3-2-8(12)4-7(11)5-10(16)9-6-13-15-14-9/h2-4,6,10,16H,5H2,1H3,(H,13,14,15). The molecule has 90 valence electrons. The van der Waals surface area contributed by atoms with Crippen LogP contribution in [0.4, 0.5) is 0 Å². The Labute approximate surface area is 107 Å². The first-order chi connectivity index (χ1) is 8.20. The van der Waals surface area contributed by atoms with Crippen molar-refractivity contribution in [1.29, 1.82) is 0 Å². The molecule has 1 aromatic carbocycles. The van der Waals surface area contributed by atoms with E-state index in [0.29, 0.717) is 12.1 Å². The van der Waals surface area contributed by atoms with Crippen molar-refractivity contribution in [3.8, 4) is 5.75 Å². The fourth-order valence-electron chi connectivity index (χ4n) is 1.59. The predicted molar refractivity (Wildman–Crippen MR) is 65.7 cm³/mol. The Morgan fingerprint density at radius 1 is 1.53 bits per heavy atom. The van der Waals surface area contributed by atoms with Crippen LogP contribution in [-0.4, -0.2) is 27.6 Å². The van der Waals surface area contributed by atoms with Gasteiger partial charge in [0.25, 0.3) is 0 Å². The maximum Gasteiger partial charge on any atom is 0.122 e. The first kappa shape index (κ1) is 12.1. The second kappa shape index (κ2) is 5.29. The van der Waals surface area contributed by atoms with Gasteiger partial charge in [0.05, 0.1) is 13.3 Å². The van der Waals surface area contributed by atoms with Crippen LogP contribution in [0.3, 0.4) is 0 Å². The summed E-state index contributed by atoms with van der Waals surface area (Å²) >= 11 is 3.39. The molecule has 2 aromatic rings. The monoisotopic (exact) mass is 297 g/mol. The maximum absolute atomic E-state index is 9.98. The van der Waals surface area contributed by atoms with Crippen molar-refractivity contribution < 1.29 is 9.84 Å². The minimum Gasteiger partial charge on any atom is -0.496 e. The highest BCUT2D eigenvalue weighted by molar-refractivity contribution is 9.10. The molecule has 1 heterocycles. The van der Waals surface area contributed by atoms with Gasteiger partial charge in [0.2, 0.25) is 0 Å². The van der Waals surface area contributed by atoms with Gasteiger partial charge in [-0.05, 0) is 23.8 Å². The van der Waals surface area contributed by atoms with Gasteiger partial charge in [0.15, 0.2) is 0 Å². The topological polar surface area (TPSA) is 71.0 Å². The SMILES string of the molecule is COc1ccc(Br)cc1CC(O)c1cn[nH]n1. The summed E-state index contributed by atoms with van der Waals surface area (Å²) in [6, 6.07) is 5.67. The van der Waals surface area contributed by atoms with Gasteiger partial charge in [-0.15, -0.1) is 0 Å². The van der Waals surface area contributed by atoms with Crippen molar-refractivity contribution in [2.45, 2.75) is 12.5 Å². The first-order valence-electron chi connectivity index (χ1n) is 5.07. The molecule has 1 unspecified atom stereocenters. The minimum absolute atomic E-state index is 0.426. The van der Waals surface area contributed by atoms with Gasteiger partial charge < -0.3 is 9.84 Å². The number of aliphatic hydroxyl groups is 1. The summed E-state index contributed by atoms with van der Waals surface area (Å²) in [5.74, 6) is 0.746. The van der Waals surface area contributed by atoms with Gasteiger partial charge in [-0.3, -0.25) is 0 Å². The van der Waals surface area contributed by atoms with Crippen LogP contribution in [0, 0.1) is 0 Å². The Bertz CT molecular complexity index is 487. The van der Waals surface area contributed by atoms with E-state index in [1.54, 1.807) is 7.11 Å². The molecular formula is C11H12BrN3O2. The zero-order chi connectivity index (χ0) is 12.3. The number of benzene rings is 1. The van der Waals surface area contributed by atoms with Crippen molar-refractivity contribution in [3.63, 3.8) is 0 Å². The lowest BCUT2D eigenvalue weighted by Gasteiger charge is -2.11. The average Bonchev–Trinajstić information content (AvgIpc) is 2.83. The van der Waals surface area contributed by atoms with Crippen LogP contribution in [0.5, 0.6) is 5.75 Å². The number of nitrogens with one attached hydrogen (secondary N) is 1. The normalized spacial score (nSPS) is 12.4. The first-order valence-corrected chi connectivity index (χ1v) is 5.86. The lowest BCUT2D eigenvalue weighted by Crippen LogP contribution is -2.04. The highest BCUT2D eigenvalue weighted by atomic mass is 79.9. The van der Waals surface area contributed by atoms with E-state index < -0.39 is 6.10 Å². The van der Waals surface area contributed by atoms with E-state index in [2.05, 4.69) is 31.3 Å². The van der Waals surface area contributed by atoms with Crippen LogP contribution < -0.4 is 4.74 Å². The molecule has 5 nitrogen and oxygen atoms in total. The van der Waals surface area contributed by atoms with Crippen LogP contribution >= 0.6 is 15.9 Å². The summed E-state index contributed by atoms with van der Waals surface area (Å²) < 4.78 is 6.19. The summed E-state index contributed by atoms with van der Waals surface area (Å²) in [5.41, 5.74) is 1.43. The highest BCUT2D eigenvalue weighted by Crippen LogP contribution is 2.27. The molecule has 0 aliphatic heterocycles. The second-order valence-electron chi connectivity index (χ2n) is 3.57. The molecule has 2 rings (SSSR count). The minimum atomic E-state index is -0.697. The third-order valence-corrected chi connectivity index (χ3v) is 2.92. The van der Waals surface area contributed by atoms with Crippen LogP contribution in [0.2, 0.25) is 0 Å². The summed E-state index contributed by atoms with van der Waals surface area (Å²) in [4.78, 5) is 0. The quantitative estimate of drug-likeness (QED) is 0.903. The molecule has 0 spiro atoms. The largest absolute Gasteiger partial charge is 0.496 e. The number of ether oxygens (including phenoxy) is 1.